The third kappa shape index (κ3) is 2.65. The van der Waals surface area contributed by atoms with Gasteiger partial charge in [-0.2, -0.15) is 5.10 Å². The Hall–Kier alpha value is -1.95. The van der Waals surface area contributed by atoms with Crippen molar-refractivity contribution in [2.24, 2.45) is 0 Å². The first-order valence-electron chi connectivity index (χ1n) is 6.84. The first-order valence-corrected chi connectivity index (χ1v) is 6.84. The van der Waals surface area contributed by atoms with E-state index in [0.717, 1.165) is 35.7 Å². The Bertz CT molecular complexity index is 591. The smallest absolute Gasteiger partial charge is 0.132 e. The van der Waals surface area contributed by atoms with Crippen molar-refractivity contribution in [1.82, 2.24) is 20.2 Å². The molecule has 0 radical (unpaired) electrons. The van der Waals surface area contributed by atoms with E-state index in [4.69, 9.17) is 0 Å². The van der Waals surface area contributed by atoms with E-state index in [9.17, 15) is 5.11 Å². The molecule has 20 heavy (non-hydrogen) atoms. The Morgan fingerprint density at radius 1 is 1.35 bits per heavy atom. The molecule has 1 aliphatic carbocycles. The van der Waals surface area contributed by atoms with Crippen LogP contribution >= 0.6 is 0 Å². The molecule has 0 unspecified atom stereocenters. The van der Waals surface area contributed by atoms with Gasteiger partial charge in [-0.3, -0.25) is 5.10 Å². The molecule has 2 aromatic rings. The number of aromatic amines is 1. The molecule has 6 heteroatoms. The summed E-state index contributed by atoms with van der Waals surface area (Å²) >= 11 is 0. The van der Waals surface area contributed by atoms with E-state index in [-0.39, 0.29) is 6.10 Å². The summed E-state index contributed by atoms with van der Waals surface area (Å²) in [4.78, 5) is 10.7. The van der Waals surface area contributed by atoms with Crippen LogP contribution in [0.4, 0.5) is 5.82 Å². The highest BCUT2D eigenvalue weighted by Gasteiger charge is 2.29. The molecule has 0 amide bonds. The Labute approximate surface area is 117 Å². The molecule has 6 nitrogen and oxygen atoms in total. The van der Waals surface area contributed by atoms with Gasteiger partial charge in [0, 0.05) is 30.4 Å². The van der Waals surface area contributed by atoms with E-state index in [1.165, 1.54) is 0 Å². The van der Waals surface area contributed by atoms with Crippen molar-refractivity contribution in [2.75, 3.05) is 11.9 Å². The highest BCUT2D eigenvalue weighted by molar-refractivity contribution is 5.39. The molecule has 3 rings (SSSR count). The van der Waals surface area contributed by atoms with Gasteiger partial charge in [-0.25, -0.2) is 9.97 Å². The van der Waals surface area contributed by atoms with Crippen molar-refractivity contribution in [1.29, 1.82) is 0 Å². The van der Waals surface area contributed by atoms with Gasteiger partial charge in [0.05, 0.1) is 18.3 Å². The van der Waals surface area contributed by atoms with Gasteiger partial charge in [-0.05, 0) is 25.8 Å². The summed E-state index contributed by atoms with van der Waals surface area (Å²) in [5, 5.41) is 16.6. The number of H-pyrrole nitrogens is 1. The van der Waals surface area contributed by atoms with E-state index >= 15 is 0 Å². The largest absolute Gasteiger partial charge is 0.393 e. The summed E-state index contributed by atoms with van der Waals surface area (Å²) in [5.41, 5.74) is 3.06. The number of aromatic nitrogens is 4. The molecule has 2 heterocycles. The van der Waals surface area contributed by atoms with E-state index in [1.807, 2.05) is 26.1 Å². The summed E-state index contributed by atoms with van der Waals surface area (Å²) in [6.07, 6.45) is 3.04. The molecule has 1 saturated carbocycles. The van der Waals surface area contributed by atoms with Crippen molar-refractivity contribution in [3.63, 3.8) is 0 Å². The van der Waals surface area contributed by atoms with E-state index in [1.54, 1.807) is 6.33 Å². The zero-order valence-corrected chi connectivity index (χ0v) is 11.7. The number of rotatable bonds is 4. The molecule has 0 aliphatic heterocycles. The van der Waals surface area contributed by atoms with Gasteiger partial charge in [-0.1, -0.05) is 0 Å². The minimum Gasteiger partial charge on any atom is -0.393 e. The Morgan fingerprint density at radius 2 is 2.15 bits per heavy atom. The van der Waals surface area contributed by atoms with Crippen LogP contribution in [-0.4, -0.2) is 38.4 Å². The van der Waals surface area contributed by atoms with Crippen LogP contribution in [0, 0.1) is 6.92 Å². The van der Waals surface area contributed by atoms with E-state index in [2.05, 4.69) is 25.1 Å². The zero-order valence-electron chi connectivity index (χ0n) is 11.7. The molecule has 2 aromatic heterocycles. The first-order chi connectivity index (χ1) is 9.61. The maximum absolute atomic E-state index is 9.39. The number of nitrogens with zero attached hydrogens (tertiary/aromatic N) is 4. The second-order valence-electron chi connectivity index (χ2n) is 5.52. The summed E-state index contributed by atoms with van der Waals surface area (Å²) < 4.78 is 0. The normalized spacial score (nSPS) is 21.6. The molecule has 0 saturated heterocycles. The third-order valence-electron chi connectivity index (χ3n) is 3.75. The number of aliphatic hydroxyl groups excluding tert-OH is 1. The lowest BCUT2D eigenvalue weighted by molar-refractivity contribution is 0.0732. The molecule has 2 N–H and O–H groups in total. The first kappa shape index (κ1) is 13.1. The fraction of sp³-hybridized carbons (Fsp3) is 0.500. The second-order valence-corrected chi connectivity index (χ2v) is 5.52. The molecule has 0 spiro atoms. The number of aryl methyl sites for hydroxylation is 1. The molecule has 1 aliphatic rings. The van der Waals surface area contributed by atoms with Crippen molar-refractivity contribution in [3.05, 3.63) is 35.5 Å². The highest BCUT2D eigenvalue weighted by atomic mass is 16.3. The van der Waals surface area contributed by atoms with Crippen LogP contribution < -0.4 is 4.90 Å². The molecular formula is C14H19N5O. The maximum Gasteiger partial charge on any atom is 0.132 e. The lowest BCUT2D eigenvalue weighted by atomic mass is 9.80. The minimum absolute atomic E-state index is 0.164. The van der Waals surface area contributed by atoms with Gasteiger partial charge in [0.25, 0.3) is 0 Å². The number of anilines is 1. The second kappa shape index (κ2) is 5.20. The van der Waals surface area contributed by atoms with Gasteiger partial charge in [0.1, 0.15) is 12.1 Å². The van der Waals surface area contributed by atoms with Crippen molar-refractivity contribution in [2.45, 2.75) is 38.3 Å². The highest BCUT2D eigenvalue weighted by Crippen LogP contribution is 2.36. The van der Waals surface area contributed by atoms with Crippen molar-refractivity contribution < 1.29 is 5.11 Å². The summed E-state index contributed by atoms with van der Waals surface area (Å²) in [7, 11) is 1.99. The fourth-order valence-electron chi connectivity index (χ4n) is 2.50. The molecular weight excluding hydrogens is 254 g/mol. The average Bonchev–Trinajstić information content (AvgIpc) is 2.80. The topological polar surface area (TPSA) is 77.9 Å². The van der Waals surface area contributed by atoms with Gasteiger partial charge in [0.15, 0.2) is 0 Å². The lowest BCUT2D eigenvalue weighted by Crippen LogP contribution is -2.27. The number of hydrogen-bond acceptors (Lipinski definition) is 5. The van der Waals surface area contributed by atoms with Gasteiger partial charge >= 0.3 is 0 Å². The van der Waals surface area contributed by atoms with Gasteiger partial charge in [-0.15, -0.1) is 0 Å². The van der Waals surface area contributed by atoms with E-state index in [0.29, 0.717) is 12.5 Å². The Balaban J connectivity index is 1.71. The summed E-state index contributed by atoms with van der Waals surface area (Å²) in [6.45, 7) is 2.69. The standard InChI is InChI=1S/C14H19N5O/c1-9-3-11(18-17-9)7-19(2)14-6-13(15-8-16-14)10-4-12(20)5-10/h3,6,8,10,12,20H,4-5,7H2,1-2H3,(H,17,18). The minimum atomic E-state index is -0.164. The predicted octanol–water partition coefficient (Wildman–Crippen LogP) is 1.38. The van der Waals surface area contributed by atoms with E-state index < -0.39 is 0 Å². The molecule has 0 bridgehead atoms. The van der Waals surface area contributed by atoms with Crippen LogP contribution in [-0.2, 0) is 6.54 Å². The van der Waals surface area contributed by atoms with Gasteiger partial charge in [0.2, 0.25) is 0 Å². The predicted molar refractivity (Wildman–Crippen MR) is 75.4 cm³/mol. The average molecular weight is 273 g/mol. The fourth-order valence-corrected chi connectivity index (χ4v) is 2.50. The Kier molecular flexibility index (Phi) is 3.40. The molecule has 106 valence electrons. The summed E-state index contributed by atoms with van der Waals surface area (Å²) in [6, 6.07) is 4.04. The van der Waals surface area contributed by atoms with Crippen LogP contribution in [0.25, 0.3) is 0 Å². The number of hydrogen-bond donors (Lipinski definition) is 2. The lowest BCUT2D eigenvalue weighted by Gasteiger charge is -2.31. The monoisotopic (exact) mass is 273 g/mol. The molecule has 0 aromatic carbocycles. The van der Waals surface area contributed by atoms with Gasteiger partial charge < -0.3 is 10.0 Å². The SMILES string of the molecule is Cc1cc(CN(C)c2cc(C3CC(O)C3)ncn2)n[nH]1. The quantitative estimate of drug-likeness (QED) is 0.880. The maximum atomic E-state index is 9.39. The van der Waals surface area contributed by atoms with Crippen molar-refractivity contribution in [3.8, 4) is 0 Å². The molecule has 1 fully saturated rings. The molecule has 0 atom stereocenters. The third-order valence-corrected chi connectivity index (χ3v) is 3.75. The number of aliphatic hydroxyl groups is 1. The number of nitrogens with one attached hydrogen (secondary N) is 1. The Morgan fingerprint density at radius 3 is 2.80 bits per heavy atom. The zero-order chi connectivity index (χ0) is 14.1. The van der Waals surface area contributed by atoms with Crippen LogP contribution in [0.1, 0.15) is 35.8 Å². The van der Waals surface area contributed by atoms with Crippen molar-refractivity contribution >= 4 is 5.82 Å². The van der Waals surface area contributed by atoms with Crippen LogP contribution in [0.2, 0.25) is 0 Å². The van der Waals surface area contributed by atoms with Crippen LogP contribution in [0.15, 0.2) is 18.5 Å². The van der Waals surface area contributed by atoms with Crippen LogP contribution in [0.3, 0.4) is 0 Å². The van der Waals surface area contributed by atoms with Crippen LogP contribution in [0.5, 0.6) is 0 Å². The summed E-state index contributed by atoms with van der Waals surface area (Å²) in [5.74, 6) is 1.25.